The van der Waals surface area contributed by atoms with Crippen molar-refractivity contribution in [2.45, 2.75) is 36.2 Å². The van der Waals surface area contributed by atoms with E-state index in [4.69, 9.17) is 0 Å². The molecule has 0 aliphatic heterocycles. The highest BCUT2D eigenvalue weighted by molar-refractivity contribution is 7.91. The molecule has 0 radical (unpaired) electrons. The molecule has 9 heteroatoms. The lowest BCUT2D eigenvalue weighted by atomic mass is 10.1. The van der Waals surface area contributed by atoms with Gasteiger partial charge in [-0.2, -0.15) is 0 Å². The van der Waals surface area contributed by atoms with Gasteiger partial charge in [-0.1, -0.05) is 36.4 Å². The number of alkyl halides is 3. The Kier molecular flexibility index (Phi) is 5.56. The number of rotatable bonds is 5. The van der Waals surface area contributed by atoms with Gasteiger partial charge in [0.1, 0.15) is 5.75 Å². The first-order valence-corrected chi connectivity index (χ1v) is 12.5. The average Bonchev–Trinajstić information content (AvgIpc) is 3.30. The number of aromatic nitrogens is 1. The van der Waals surface area contributed by atoms with Gasteiger partial charge >= 0.3 is 6.36 Å². The quantitative estimate of drug-likeness (QED) is 0.403. The topological polar surface area (TPSA) is 68.5 Å². The van der Waals surface area contributed by atoms with Crippen LogP contribution in [-0.4, -0.2) is 36.3 Å². The number of hydrogen-bond donors (Lipinski definition) is 1. The number of benzene rings is 3. The van der Waals surface area contributed by atoms with E-state index in [1.54, 1.807) is 0 Å². The van der Waals surface area contributed by atoms with Crippen LogP contribution in [0.5, 0.6) is 5.75 Å². The summed E-state index contributed by atoms with van der Waals surface area (Å²) in [5.74, 6) is -1.28. The Morgan fingerprint density at radius 2 is 1.44 bits per heavy atom. The Hall–Kier alpha value is -3.04. The molecule has 1 N–H and O–H groups in total. The zero-order chi connectivity index (χ0) is 24.1. The van der Waals surface area contributed by atoms with E-state index in [0.29, 0.717) is 12.8 Å². The van der Waals surface area contributed by atoms with Crippen LogP contribution in [0.4, 0.5) is 13.2 Å². The summed E-state index contributed by atoms with van der Waals surface area (Å²) in [6, 6.07) is 19.7. The number of sulfone groups is 1. The highest BCUT2D eigenvalue weighted by Gasteiger charge is 2.39. The van der Waals surface area contributed by atoms with Gasteiger partial charge in [-0.25, -0.2) is 8.42 Å². The predicted octanol–water partition coefficient (Wildman–Crippen LogP) is 5.48. The largest absolute Gasteiger partial charge is 0.573 e. The summed E-state index contributed by atoms with van der Waals surface area (Å²) in [6.45, 7) is 0. The lowest BCUT2D eigenvalue weighted by Crippen LogP contribution is -2.28. The molecule has 3 aromatic carbocycles. The molecule has 0 saturated heterocycles. The van der Waals surface area contributed by atoms with Crippen molar-refractivity contribution in [1.29, 1.82) is 0 Å². The number of ether oxygens (including phenoxy) is 1. The first kappa shape index (κ1) is 22.7. The molecule has 1 aliphatic rings. The van der Waals surface area contributed by atoms with Crippen LogP contribution in [0, 0.1) is 5.92 Å². The monoisotopic (exact) mass is 489 g/mol. The molecule has 1 fully saturated rings. The van der Waals surface area contributed by atoms with Crippen molar-refractivity contribution >= 4 is 31.6 Å². The summed E-state index contributed by atoms with van der Waals surface area (Å²) >= 11 is 0. The molecule has 34 heavy (non-hydrogen) atoms. The zero-order valence-corrected chi connectivity index (χ0v) is 18.8. The summed E-state index contributed by atoms with van der Waals surface area (Å²) in [7, 11) is -3.82. The van der Waals surface area contributed by atoms with E-state index >= 15 is 0 Å². The van der Waals surface area contributed by atoms with Crippen LogP contribution in [0.15, 0.2) is 77.7 Å². The fraction of sp³-hybridized carbons (Fsp3) is 0.280. The van der Waals surface area contributed by atoms with Crippen molar-refractivity contribution in [2.24, 2.45) is 5.92 Å². The Balaban J connectivity index is 1.40. The third-order valence-electron chi connectivity index (χ3n) is 6.51. The highest BCUT2D eigenvalue weighted by Crippen LogP contribution is 2.42. The van der Waals surface area contributed by atoms with E-state index in [1.807, 2.05) is 48.5 Å². The summed E-state index contributed by atoms with van der Waals surface area (Å²) in [4.78, 5) is -0.102. The number of halogens is 3. The standard InChI is InChI=1S/C25H22F3NO4S/c26-25(27,28)33-17-10-12-18(13-11-17)34(31,32)15-16-9-14-23(24(16)30)29-21-7-3-1-5-19(21)20-6-2-4-8-22(20)29/h1-8,10-13,16,23-24,30H,9,14-15H2/t16-,23-,24-/m0/s1. The first-order valence-electron chi connectivity index (χ1n) is 10.9. The highest BCUT2D eigenvalue weighted by atomic mass is 32.2. The van der Waals surface area contributed by atoms with Crippen molar-refractivity contribution in [3.8, 4) is 5.75 Å². The van der Waals surface area contributed by atoms with Crippen LogP contribution < -0.4 is 4.74 Å². The van der Waals surface area contributed by atoms with E-state index in [0.717, 1.165) is 46.1 Å². The van der Waals surface area contributed by atoms with E-state index in [2.05, 4.69) is 9.30 Å². The maximum Gasteiger partial charge on any atom is 0.573 e. The van der Waals surface area contributed by atoms with Crippen molar-refractivity contribution in [1.82, 2.24) is 4.57 Å². The molecule has 1 aliphatic carbocycles. The van der Waals surface area contributed by atoms with Crippen LogP contribution in [0.2, 0.25) is 0 Å². The Morgan fingerprint density at radius 1 is 0.882 bits per heavy atom. The van der Waals surface area contributed by atoms with Crippen LogP contribution in [0.25, 0.3) is 21.8 Å². The molecule has 0 amide bonds. The SMILES string of the molecule is O=S(=O)(C[C@@H]1CC[C@H](n2c3ccccc3c3ccccc32)[C@H]1O)c1ccc(OC(F)(F)F)cc1. The number of aliphatic hydroxyl groups is 1. The van der Waals surface area contributed by atoms with Gasteiger partial charge in [-0.05, 0) is 49.2 Å². The van der Waals surface area contributed by atoms with Gasteiger partial charge in [0.25, 0.3) is 0 Å². The van der Waals surface area contributed by atoms with E-state index in [1.165, 1.54) is 0 Å². The number of fused-ring (bicyclic) bond motifs is 3. The van der Waals surface area contributed by atoms with Gasteiger partial charge in [0.2, 0.25) is 0 Å². The molecule has 1 saturated carbocycles. The number of aliphatic hydroxyl groups excluding tert-OH is 1. The maximum atomic E-state index is 13.0. The van der Waals surface area contributed by atoms with Crippen LogP contribution in [-0.2, 0) is 9.84 Å². The molecule has 178 valence electrons. The van der Waals surface area contributed by atoms with Crippen molar-refractivity contribution in [3.63, 3.8) is 0 Å². The number of hydrogen-bond acceptors (Lipinski definition) is 4. The second-order valence-electron chi connectivity index (χ2n) is 8.60. The predicted molar refractivity (Wildman–Crippen MR) is 122 cm³/mol. The third-order valence-corrected chi connectivity index (χ3v) is 8.37. The molecule has 3 atom stereocenters. The Morgan fingerprint density at radius 3 is 2.00 bits per heavy atom. The Bertz CT molecular complexity index is 1390. The molecule has 4 aromatic rings. The first-order chi connectivity index (χ1) is 16.1. The van der Waals surface area contributed by atoms with Gasteiger partial charge < -0.3 is 14.4 Å². The molecule has 5 nitrogen and oxygen atoms in total. The molecule has 5 rings (SSSR count). The second kappa shape index (κ2) is 8.32. The molecule has 0 spiro atoms. The summed E-state index contributed by atoms with van der Waals surface area (Å²) in [5, 5.41) is 13.3. The molecule has 1 heterocycles. The molecule has 0 bridgehead atoms. The summed E-state index contributed by atoms with van der Waals surface area (Å²) in [6.07, 6.45) is -4.61. The fourth-order valence-electron chi connectivity index (χ4n) is 5.04. The van der Waals surface area contributed by atoms with E-state index < -0.39 is 34.0 Å². The van der Waals surface area contributed by atoms with Gasteiger partial charge in [0.15, 0.2) is 9.84 Å². The minimum atomic E-state index is -4.85. The normalized spacial score (nSPS) is 21.4. The van der Waals surface area contributed by atoms with Crippen LogP contribution >= 0.6 is 0 Å². The molecule has 1 aromatic heterocycles. The van der Waals surface area contributed by atoms with Crippen molar-refractivity contribution < 1.29 is 31.4 Å². The minimum Gasteiger partial charge on any atom is -0.406 e. The van der Waals surface area contributed by atoms with Gasteiger partial charge in [0, 0.05) is 27.7 Å². The number of nitrogens with zero attached hydrogens (tertiary/aromatic N) is 1. The van der Waals surface area contributed by atoms with Crippen LogP contribution in [0.1, 0.15) is 18.9 Å². The molecular weight excluding hydrogens is 467 g/mol. The fourth-order valence-corrected chi connectivity index (χ4v) is 6.71. The molecule has 0 unspecified atom stereocenters. The number of para-hydroxylation sites is 2. The smallest absolute Gasteiger partial charge is 0.406 e. The maximum absolute atomic E-state index is 13.0. The van der Waals surface area contributed by atoms with Crippen molar-refractivity contribution in [2.75, 3.05) is 5.75 Å². The summed E-state index contributed by atoms with van der Waals surface area (Å²) < 4.78 is 68.9. The lowest BCUT2D eigenvalue weighted by Gasteiger charge is -2.23. The zero-order valence-electron chi connectivity index (χ0n) is 17.9. The summed E-state index contributed by atoms with van der Waals surface area (Å²) in [5.41, 5.74) is 1.97. The van der Waals surface area contributed by atoms with Gasteiger partial charge in [-0.3, -0.25) is 0 Å². The van der Waals surface area contributed by atoms with Crippen LogP contribution in [0.3, 0.4) is 0 Å². The van der Waals surface area contributed by atoms with Crippen molar-refractivity contribution in [3.05, 3.63) is 72.8 Å². The Labute approximate surface area is 194 Å². The average molecular weight is 490 g/mol. The molecular formula is C25H22F3NO4S. The van der Waals surface area contributed by atoms with Gasteiger partial charge in [-0.15, -0.1) is 13.2 Å². The van der Waals surface area contributed by atoms with E-state index in [-0.39, 0.29) is 16.7 Å². The minimum absolute atomic E-state index is 0.102. The second-order valence-corrected chi connectivity index (χ2v) is 10.6. The third kappa shape index (κ3) is 4.14. The van der Waals surface area contributed by atoms with E-state index in [9.17, 15) is 26.7 Å². The van der Waals surface area contributed by atoms with Gasteiger partial charge in [0.05, 0.1) is 22.8 Å². The lowest BCUT2D eigenvalue weighted by molar-refractivity contribution is -0.274.